The van der Waals surface area contributed by atoms with Crippen molar-refractivity contribution in [1.29, 1.82) is 0 Å². The summed E-state index contributed by atoms with van der Waals surface area (Å²) in [6.07, 6.45) is 0. The summed E-state index contributed by atoms with van der Waals surface area (Å²) >= 11 is 0. The van der Waals surface area contributed by atoms with Crippen LogP contribution in [0.5, 0.6) is 0 Å². The van der Waals surface area contributed by atoms with Gasteiger partial charge in [-0.2, -0.15) is 0 Å². The molecule has 0 aliphatic heterocycles. The molecule has 0 saturated carbocycles. The third-order valence-corrected chi connectivity index (χ3v) is 3.08. The smallest absolute Gasteiger partial charge is 0.335 e. The summed E-state index contributed by atoms with van der Waals surface area (Å²) in [6, 6.07) is 14.1. The van der Waals surface area contributed by atoms with Crippen molar-refractivity contribution in [2.24, 2.45) is 0 Å². The van der Waals surface area contributed by atoms with E-state index in [2.05, 4.69) is 5.16 Å². The predicted octanol–water partition coefficient (Wildman–Crippen LogP) is 3.85. The second kappa shape index (κ2) is 5.20. The highest BCUT2D eigenvalue weighted by Crippen LogP contribution is 2.27. The predicted molar refractivity (Wildman–Crippen MR) is 74.3 cm³/mol. The third-order valence-electron chi connectivity index (χ3n) is 3.08. The number of halogens is 1. The minimum atomic E-state index is -0.994. The molecule has 1 N–H and O–H groups in total. The fraction of sp³-hybridized carbons (Fsp3) is 0. The molecule has 21 heavy (non-hydrogen) atoms. The number of nitrogens with zero attached hydrogens (tertiary/aromatic N) is 1. The van der Waals surface area contributed by atoms with Crippen LogP contribution in [0.3, 0.4) is 0 Å². The third kappa shape index (κ3) is 2.53. The van der Waals surface area contributed by atoms with Gasteiger partial charge < -0.3 is 9.63 Å². The largest absolute Gasteiger partial charge is 0.478 e. The van der Waals surface area contributed by atoms with Gasteiger partial charge in [0, 0.05) is 17.2 Å². The number of benzene rings is 2. The molecule has 0 aliphatic carbocycles. The fourth-order valence-electron chi connectivity index (χ4n) is 1.98. The first kappa shape index (κ1) is 13.1. The molecule has 0 saturated heterocycles. The van der Waals surface area contributed by atoms with E-state index in [1.54, 1.807) is 36.4 Å². The Kier molecular flexibility index (Phi) is 3.23. The van der Waals surface area contributed by atoms with Crippen molar-refractivity contribution in [2.75, 3.05) is 0 Å². The summed E-state index contributed by atoms with van der Waals surface area (Å²) < 4.78 is 18.9. The van der Waals surface area contributed by atoms with Gasteiger partial charge in [0.2, 0.25) is 0 Å². The van der Waals surface area contributed by atoms with Crippen molar-refractivity contribution in [3.05, 3.63) is 66.0 Å². The molecule has 3 rings (SSSR count). The van der Waals surface area contributed by atoms with Crippen molar-refractivity contribution in [3.8, 4) is 22.6 Å². The second-order valence-electron chi connectivity index (χ2n) is 4.44. The average molecular weight is 283 g/mol. The van der Waals surface area contributed by atoms with E-state index in [1.807, 2.05) is 0 Å². The van der Waals surface area contributed by atoms with E-state index in [1.165, 1.54) is 18.2 Å². The Morgan fingerprint density at radius 3 is 2.48 bits per heavy atom. The second-order valence-corrected chi connectivity index (χ2v) is 4.44. The first-order valence-corrected chi connectivity index (χ1v) is 6.20. The number of aromatic nitrogens is 1. The molecule has 0 amide bonds. The van der Waals surface area contributed by atoms with E-state index in [0.29, 0.717) is 22.6 Å². The Bertz CT molecular complexity index is 793. The summed E-state index contributed by atoms with van der Waals surface area (Å²) in [4.78, 5) is 10.8. The van der Waals surface area contributed by atoms with Gasteiger partial charge in [-0.05, 0) is 24.3 Å². The van der Waals surface area contributed by atoms with Gasteiger partial charge in [-0.25, -0.2) is 9.18 Å². The van der Waals surface area contributed by atoms with Crippen LogP contribution in [0.25, 0.3) is 22.6 Å². The molecule has 4 nitrogen and oxygen atoms in total. The van der Waals surface area contributed by atoms with E-state index in [0.717, 1.165) is 0 Å². The summed E-state index contributed by atoms with van der Waals surface area (Å²) in [6.45, 7) is 0. The summed E-state index contributed by atoms with van der Waals surface area (Å²) in [5, 5.41) is 12.7. The maximum absolute atomic E-state index is 13.7. The lowest BCUT2D eigenvalue weighted by molar-refractivity contribution is 0.0697. The number of hydrogen-bond acceptors (Lipinski definition) is 3. The number of aromatic carboxylic acids is 1. The van der Waals surface area contributed by atoms with E-state index >= 15 is 0 Å². The summed E-state index contributed by atoms with van der Waals surface area (Å²) in [5.74, 6) is -0.921. The van der Waals surface area contributed by atoms with Gasteiger partial charge >= 0.3 is 5.97 Å². The minimum absolute atomic E-state index is 0.188. The molecule has 0 radical (unpaired) electrons. The maximum Gasteiger partial charge on any atom is 0.335 e. The molecular weight excluding hydrogens is 273 g/mol. The quantitative estimate of drug-likeness (QED) is 0.793. The van der Waals surface area contributed by atoms with Crippen LogP contribution in [0.2, 0.25) is 0 Å². The number of carboxylic acids is 1. The first-order chi connectivity index (χ1) is 10.1. The highest BCUT2D eigenvalue weighted by Gasteiger charge is 2.12. The molecule has 1 heterocycles. The Morgan fingerprint density at radius 1 is 1.10 bits per heavy atom. The maximum atomic E-state index is 13.7. The lowest BCUT2D eigenvalue weighted by Gasteiger charge is -1.97. The standard InChI is InChI=1S/C16H10FNO3/c17-13-4-2-1-3-12(13)14-9-15(21-18-14)10-5-7-11(8-6-10)16(19)20/h1-9H,(H,19,20). The highest BCUT2D eigenvalue weighted by atomic mass is 19.1. The molecule has 3 aromatic rings. The van der Waals surface area contributed by atoms with E-state index in [-0.39, 0.29) is 11.4 Å². The zero-order chi connectivity index (χ0) is 14.8. The van der Waals surface area contributed by atoms with Crippen LogP contribution in [-0.4, -0.2) is 16.2 Å². The Labute approximate surface area is 119 Å². The monoisotopic (exact) mass is 283 g/mol. The number of rotatable bonds is 3. The van der Waals surface area contributed by atoms with Crippen molar-refractivity contribution in [1.82, 2.24) is 5.16 Å². The van der Waals surface area contributed by atoms with Crippen LogP contribution in [0, 0.1) is 5.82 Å². The van der Waals surface area contributed by atoms with Gasteiger partial charge in [0.05, 0.1) is 5.56 Å². The molecule has 1 aromatic heterocycles. The average Bonchev–Trinajstić information content (AvgIpc) is 2.97. The van der Waals surface area contributed by atoms with Gasteiger partial charge in [0.1, 0.15) is 11.5 Å². The van der Waals surface area contributed by atoms with Gasteiger partial charge in [-0.1, -0.05) is 29.4 Å². The van der Waals surface area contributed by atoms with Gasteiger partial charge in [-0.15, -0.1) is 0 Å². The lowest BCUT2D eigenvalue weighted by atomic mass is 10.1. The minimum Gasteiger partial charge on any atom is -0.478 e. The Hall–Kier alpha value is -2.95. The normalized spacial score (nSPS) is 10.5. The van der Waals surface area contributed by atoms with Gasteiger partial charge in [0.15, 0.2) is 5.76 Å². The molecular formula is C16H10FNO3. The van der Waals surface area contributed by atoms with Crippen molar-refractivity contribution in [2.45, 2.75) is 0 Å². The summed E-state index contributed by atoms with van der Waals surface area (Å²) in [7, 11) is 0. The first-order valence-electron chi connectivity index (χ1n) is 6.20. The van der Waals surface area contributed by atoms with Crippen molar-refractivity contribution in [3.63, 3.8) is 0 Å². The van der Waals surface area contributed by atoms with Crippen molar-refractivity contribution >= 4 is 5.97 Å². The topological polar surface area (TPSA) is 63.3 Å². The molecule has 2 aromatic carbocycles. The number of carboxylic acid groups (broad SMARTS) is 1. The zero-order valence-electron chi connectivity index (χ0n) is 10.8. The van der Waals surface area contributed by atoms with Crippen LogP contribution in [0.4, 0.5) is 4.39 Å². The Balaban J connectivity index is 1.95. The van der Waals surface area contributed by atoms with Crippen LogP contribution in [-0.2, 0) is 0 Å². The molecule has 0 bridgehead atoms. The molecule has 104 valence electrons. The highest BCUT2D eigenvalue weighted by molar-refractivity contribution is 5.88. The van der Waals surface area contributed by atoms with Gasteiger partial charge in [-0.3, -0.25) is 0 Å². The number of hydrogen-bond donors (Lipinski definition) is 1. The fourth-order valence-corrected chi connectivity index (χ4v) is 1.98. The van der Waals surface area contributed by atoms with Crippen LogP contribution in [0.15, 0.2) is 59.1 Å². The van der Waals surface area contributed by atoms with Gasteiger partial charge in [0.25, 0.3) is 0 Å². The number of carbonyl (C=O) groups is 1. The molecule has 0 aliphatic rings. The van der Waals surface area contributed by atoms with E-state index in [4.69, 9.17) is 9.63 Å². The van der Waals surface area contributed by atoms with Crippen LogP contribution >= 0.6 is 0 Å². The SMILES string of the molecule is O=C(O)c1ccc(-c2cc(-c3ccccc3F)no2)cc1. The lowest BCUT2D eigenvalue weighted by Crippen LogP contribution is -1.94. The van der Waals surface area contributed by atoms with Crippen molar-refractivity contribution < 1.29 is 18.8 Å². The molecule has 0 spiro atoms. The summed E-state index contributed by atoms with van der Waals surface area (Å²) in [5.41, 5.74) is 1.61. The Morgan fingerprint density at radius 2 is 1.81 bits per heavy atom. The zero-order valence-corrected chi connectivity index (χ0v) is 10.8. The molecule has 0 unspecified atom stereocenters. The molecule has 0 atom stereocenters. The molecule has 0 fully saturated rings. The van der Waals surface area contributed by atoms with E-state index in [9.17, 15) is 9.18 Å². The van der Waals surface area contributed by atoms with E-state index < -0.39 is 5.97 Å². The molecule has 5 heteroatoms. The van der Waals surface area contributed by atoms with Crippen LogP contribution < -0.4 is 0 Å². The van der Waals surface area contributed by atoms with Crippen LogP contribution in [0.1, 0.15) is 10.4 Å².